The quantitative estimate of drug-likeness (QED) is 0.617. The number of carbonyl (C=O) groups is 2. The fourth-order valence-electron chi connectivity index (χ4n) is 2.23. The number of nitrogens with two attached hydrogens (primary N) is 1. The first-order valence-corrected chi connectivity index (χ1v) is 8.60. The first-order valence-electron chi connectivity index (χ1n) is 7.78. The summed E-state index contributed by atoms with van der Waals surface area (Å²) in [6, 6.07) is 11.5. The van der Waals surface area contributed by atoms with Gasteiger partial charge in [-0.3, -0.25) is 15.6 Å². The molecule has 8 nitrogen and oxygen atoms in total. The molecule has 0 bridgehead atoms. The van der Waals surface area contributed by atoms with Gasteiger partial charge >= 0.3 is 12.1 Å². The van der Waals surface area contributed by atoms with Gasteiger partial charge in [0.05, 0.1) is 7.11 Å². The van der Waals surface area contributed by atoms with Crippen molar-refractivity contribution < 1.29 is 19.1 Å². The van der Waals surface area contributed by atoms with Gasteiger partial charge in [-0.25, -0.2) is 9.59 Å². The number of hydrogen-bond donors (Lipinski definition) is 3. The number of urea groups is 1. The van der Waals surface area contributed by atoms with Crippen LogP contribution in [0.15, 0.2) is 54.9 Å². The molecule has 0 saturated heterocycles. The fraction of sp³-hybridized carbons (Fsp3) is 0.0556. The molecule has 4 N–H and O–H groups in total. The number of hydrogen-bond acceptors (Lipinski definition) is 6. The summed E-state index contributed by atoms with van der Waals surface area (Å²) in [7, 11) is 1.59. The van der Waals surface area contributed by atoms with E-state index >= 15 is 0 Å². The van der Waals surface area contributed by atoms with E-state index in [1.807, 2.05) is 24.3 Å². The maximum Gasteiger partial charge on any atom is 0.417 e. The van der Waals surface area contributed by atoms with Gasteiger partial charge in [-0.1, -0.05) is 0 Å². The van der Waals surface area contributed by atoms with Gasteiger partial charge in [-0.15, -0.1) is 11.3 Å². The Morgan fingerprint density at radius 3 is 2.41 bits per heavy atom. The number of pyridine rings is 1. The van der Waals surface area contributed by atoms with Crippen LogP contribution in [0.3, 0.4) is 0 Å². The van der Waals surface area contributed by atoms with Crippen LogP contribution in [0.25, 0.3) is 10.4 Å². The van der Waals surface area contributed by atoms with Crippen molar-refractivity contribution >= 4 is 34.1 Å². The number of thiophene rings is 1. The zero-order chi connectivity index (χ0) is 19.2. The average molecular weight is 384 g/mol. The van der Waals surface area contributed by atoms with Crippen molar-refractivity contribution in [3.05, 3.63) is 54.9 Å². The van der Waals surface area contributed by atoms with E-state index in [1.165, 1.54) is 11.3 Å². The number of amides is 3. The lowest BCUT2D eigenvalue weighted by Gasteiger charge is -2.07. The van der Waals surface area contributed by atoms with Crippen LogP contribution in [-0.2, 0) is 0 Å². The molecule has 0 spiro atoms. The van der Waals surface area contributed by atoms with Crippen molar-refractivity contribution in [1.29, 1.82) is 0 Å². The van der Waals surface area contributed by atoms with Crippen molar-refractivity contribution in [2.75, 3.05) is 17.7 Å². The number of ether oxygens (including phenoxy) is 2. The Balaban J connectivity index is 1.82. The third-order valence-corrected chi connectivity index (χ3v) is 4.52. The van der Waals surface area contributed by atoms with Crippen molar-refractivity contribution in [1.82, 2.24) is 4.98 Å². The molecule has 0 saturated carbocycles. The molecule has 9 heteroatoms. The lowest BCUT2D eigenvalue weighted by molar-refractivity contribution is 0.215. The average Bonchev–Trinajstić information content (AvgIpc) is 3.04. The van der Waals surface area contributed by atoms with Crippen LogP contribution in [0, 0.1) is 0 Å². The van der Waals surface area contributed by atoms with Crippen molar-refractivity contribution in [2.24, 2.45) is 5.73 Å². The number of primary amides is 1. The molecule has 0 fully saturated rings. The number of nitrogens with zero attached hydrogens (tertiary/aromatic N) is 1. The summed E-state index contributed by atoms with van der Waals surface area (Å²) in [6.45, 7) is 0. The van der Waals surface area contributed by atoms with Gasteiger partial charge in [0, 0.05) is 29.0 Å². The highest BCUT2D eigenvalue weighted by atomic mass is 32.1. The molecule has 3 aromatic rings. The second kappa shape index (κ2) is 8.19. The van der Waals surface area contributed by atoms with Gasteiger partial charge in [0.2, 0.25) is 0 Å². The minimum Gasteiger partial charge on any atom is -0.497 e. The molecule has 0 aliphatic rings. The highest BCUT2D eigenvalue weighted by molar-refractivity contribution is 7.20. The molecule has 0 radical (unpaired) electrons. The monoisotopic (exact) mass is 384 g/mol. The highest BCUT2D eigenvalue weighted by Crippen LogP contribution is 2.41. The minimum atomic E-state index is -0.752. The Hall–Kier alpha value is -3.59. The molecule has 0 aliphatic heterocycles. The van der Waals surface area contributed by atoms with Gasteiger partial charge in [0.15, 0.2) is 5.75 Å². The van der Waals surface area contributed by atoms with E-state index in [2.05, 4.69) is 15.6 Å². The molecule has 1 aromatic carbocycles. The standard InChI is InChI=1S/C18H16N4O4S/c1-25-13-4-2-11(3-5-13)15-10-14(16(27-15)22-17(19)23)26-18(24)21-12-6-8-20-9-7-12/h2-10H,1H3,(H3,19,22,23)(H,20,21,24). The first kappa shape index (κ1) is 18.2. The largest absolute Gasteiger partial charge is 0.497 e. The van der Waals surface area contributed by atoms with Gasteiger partial charge < -0.3 is 15.2 Å². The molecule has 2 aromatic heterocycles. The van der Waals surface area contributed by atoms with Crippen molar-refractivity contribution in [3.8, 4) is 21.9 Å². The predicted octanol–water partition coefficient (Wildman–Crippen LogP) is 3.92. The summed E-state index contributed by atoms with van der Waals surface area (Å²) in [5.74, 6) is 0.912. The molecule has 27 heavy (non-hydrogen) atoms. The van der Waals surface area contributed by atoms with Crippen LogP contribution in [0.2, 0.25) is 0 Å². The Morgan fingerprint density at radius 2 is 1.78 bits per heavy atom. The first-order chi connectivity index (χ1) is 13.0. The third-order valence-electron chi connectivity index (χ3n) is 3.44. The van der Waals surface area contributed by atoms with Gasteiger partial charge in [-0.05, 0) is 42.0 Å². The Labute approximate surface area is 158 Å². The van der Waals surface area contributed by atoms with Crippen LogP contribution in [-0.4, -0.2) is 24.2 Å². The number of methoxy groups -OCH3 is 1. The maximum absolute atomic E-state index is 12.1. The van der Waals surface area contributed by atoms with E-state index < -0.39 is 12.1 Å². The summed E-state index contributed by atoms with van der Waals surface area (Å²) in [5.41, 5.74) is 6.62. The predicted molar refractivity (Wildman–Crippen MR) is 103 cm³/mol. The summed E-state index contributed by atoms with van der Waals surface area (Å²) < 4.78 is 10.5. The van der Waals surface area contributed by atoms with Gasteiger partial charge in [0.1, 0.15) is 10.8 Å². The molecule has 3 amide bonds. The van der Waals surface area contributed by atoms with E-state index in [0.29, 0.717) is 10.7 Å². The summed E-state index contributed by atoms with van der Waals surface area (Å²) in [4.78, 5) is 28.1. The second-order valence-corrected chi connectivity index (χ2v) is 6.32. The zero-order valence-corrected chi connectivity index (χ0v) is 15.1. The lowest BCUT2D eigenvalue weighted by atomic mass is 10.2. The zero-order valence-electron chi connectivity index (χ0n) is 14.3. The van der Waals surface area contributed by atoms with E-state index in [4.69, 9.17) is 15.2 Å². The number of carbonyl (C=O) groups excluding carboxylic acids is 2. The summed E-state index contributed by atoms with van der Waals surface area (Å²) >= 11 is 1.23. The Kier molecular flexibility index (Phi) is 5.53. The molecule has 3 rings (SSSR count). The topological polar surface area (TPSA) is 116 Å². The van der Waals surface area contributed by atoms with E-state index in [1.54, 1.807) is 37.7 Å². The smallest absolute Gasteiger partial charge is 0.417 e. The molecule has 0 aliphatic carbocycles. The van der Waals surface area contributed by atoms with Gasteiger partial charge in [0.25, 0.3) is 0 Å². The number of benzene rings is 1. The number of nitrogens with one attached hydrogen (secondary N) is 2. The molecular weight excluding hydrogens is 368 g/mol. The molecule has 138 valence electrons. The maximum atomic E-state index is 12.1. The number of anilines is 2. The van der Waals surface area contributed by atoms with Crippen LogP contribution in [0.5, 0.6) is 11.5 Å². The summed E-state index contributed by atoms with van der Waals surface area (Å²) in [5, 5.41) is 5.38. The lowest BCUT2D eigenvalue weighted by Crippen LogP contribution is -2.20. The number of rotatable bonds is 5. The van der Waals surface area contributed by atoms with E-state index in [-0.39, 0.29) is 5.75 Å². The van der Waals surface area contributed by atoms with Crippen molar-refractivity contribution in [2.45, 2.75) is 0 Å². The van der Waals surface area contributed by atoms with Crippen LogP contribution in [0.4, 0.5) is 20.3 Å². The summed E-state index contributed by atoms with van der Waals surface area (Å²) in [6.07, 6.45) is 2.39. The van der Waals surface area contributed by atoms with E-state index in [9.17, 15) is 9.59 Å². The minimum absolute atomic E-state index is 0.191. The molecular formula is C18H16N4O4S. The normalized spacial score (nSPS) is 10.1. The van der Waals surface area contributed by atoms with Crippen LogP contribution in [0.1, 0.15) is 0 Å². The second-order valence-electron chi connectivity index (χ2n) is 5.27. The Bertz CT molecular complexity index is 942. The SMILES string of the molecule is COc1ccc(-c2cc(OC(=O)Nc3ccncc3)c(NC(N)=O)s2)cc1. The van der Waals surface area contributed by atoms with Crippen LogP contribution >= 0.6 is 11.3 Å². The molecule has 0 unspecified atom stereocenters. The van der Waals surface area contributed by atoms with Gasteiger partial charge in [-0.2, -0.15) is 0 Å². The Morgan fingerprint density at radius 1 is 1.07 bits per heavy atom. The van der Waals surface area contributed by atoms with Crippen molar-refractivity contribution in [3.63, 3.8) is 0 Å². The van der Waals surface area contributed by atoms with Crippen LogP contribution < -0.4 is 25.8 Å². The molecule has 2 heterocycles. The fourth-order valence-corrected chi connectivity index (χ4v) is 3.22. The number of aromatic nitrogens is 1. The molecule has 0 atom stereocenters. The highest BCUT2D eigenvalue weighted by Gasteiger charge is 2.17. The third kappa shape index (κ3) is 4.73. The van der Waals surface area contributed by atoms with E-state index in [0.717, 1.165) is 16.2 Å².